The number of hydrogen-bond donors (Lipinski definition) is 1. The zero-order valence-corrected chi connectivity index (χ0v) is 15.6. The zero-order valence-electron chi connectivity index (χ0n) is 15.6. The van der Waals surface area contributed by atoms with Crippen molar-refractivity contribution < 1.29 is 23.5 Å². The first-order valence-corrected chi connectivity index (χ1v) is 8.53. The van der Waals surface area contributed by atoms with Crippen LogP contribution in [0.25, 0.3) is 0 Å². The van der Waals surface area contributed by atoms with Crippen molar-refractivity contribution in [3.05, 3.63) is 62.6 Å². The van der Waals surface area contributed by atoms with Crippen molar-refractivity contribution in [2.75, 3.05) is 20.6 Å². The molecule has 0 spiro atoms. The van der Waals surface area contributed by atoms with Crippen molar-refractivity contribution in [3.8, 4) is 5.75 Å². The summed E-state index contributed by atoms with van der Waals surface area (Å²) in [5, 5.41) is 10.3. The highest BCUT2D eigenvalue weighted by Crippen LogP contribution is 2.29. The van der Waals surface area contributed by atoms with Gasteiger partial charge in [-0.15, -0.1) is 0 Å². The Bertz CT molecular complexity index is 1050. The molecule has 2 heterocycles. The highest BCUT2D eigenvalue weighted by atomic mass is 19.1. The summed E-state index contributed by atoms with van der Waals surface area (Å²) in [5.74, 6) is -3.27. The van der Waals surface area contributed by atoms with E-state index in [0.717, 1.165) is 22.8 Å². The summed E-state index contributed by atoms with van der Waals surface area (Å²) in [6.07, 6.45) is 0.175. The van der Waals surface area contributed by atoms with Gasteiger partial charge in [0.25, 0.3) is 17.4 Å². The fourth-order valence-corrected chi connectivity index (χ4v) is 3.32. The molecule has 1 aliphatic rings. The summed E-state index contributed by atoms with van der Waals surface area (Å²) >= 11 is 0. The molecule has 0 radical (unpaired) electrons. The number of fused-ring (bicyclic) bond motifs is 1. The second-order valence-corrected chi connectivity index (χ2v) is 6.83. The molecule has 0 unspecified atom stereocenters. The van der Waals surface area contributed by atoms with Gasteiger partial charge in [-0.05, 0) is 24.6 Å². The van der Waals surface area contributed by atoms with E-state index >= 15 is 0 Å². The van der Waals surface area contributed by atoms with Crippen LogP contribution >= 0.6 is 0 Å². The van der Waals surface area contributed by atoms with Gasteiger partial charge in [-0.3, -0.25) is 14.4 Å². The summed E-state index contributed by atoms with van der Waals surface area (Å²) in [6, 6.07) is 2.93. The smallest absolute Gasteiger partial charge is 0.293 e. The number of pyridine rings is 1. The lowest BCUT2D eigenvalue weighted by molar-refractivity contribution is 0.0718. The van der Waals surface area contributed by atoms with Gasteiger partial charge in [-0.1, -0.05) is 0 Å². The van der Waals surface area contributed by atoms with Crippen LogP contribution in [0.3, 0.4) is 0 Å². The zero-order chi connectivity index (χ0) is 20.7. The number of aromatic hydroxyl groups is 1. The molecule has 2 amide bonds. The lowest BCUT2D eigenvalue weighted by Crippen LogP contribution is -2.42. The van der Waals surface area contributed by atoms with Crippen molar-refractivity contribution >= 4 is 11.8 Å². The number of rotatable bonds is 3. The third-order valence-electron chi connectivity index (χ3n) is 4.78. The van der Waals surface area contributed by atoms with E-state index in [4.69, 9.17) is 0 Å². The first kappa shape index (κ1) is 19.5. The van der Waals surface area contributed by atoms with Gasteiger partial charge >= 0.3 is 0 Å². The summed E-state index contributed by atoms with van der Waals surface area (Å²) in [5.41, 5.74) is -0.885. The van der Waals surface area contributed by atoms with Gasteiger partial charge in [0.2, 0.25) is 0 Å². The van der Waals surface area contributed by atoms with Gasteiger partial charge in [-0.25, -0.2) is 8.78 Å². The third kappa shape index (κ3) is 3.12. The van der Waals surface area contributed by atoms with Crippen LogP contribution in [-0.2, 0) is 20.0 Å². The highest BCUT2D eigenvalue weighted by molar-refractivity contribution is 6.03. The molecule has 0 saturated heterocycles. The molecule has 0 saturated carbocycles. The maximum atomic E-state index is 13.9. The third-order valence-corrected chi connectivity index (χ3v) is 4.78. The number of amides is 2. The second kappa shape index (κ2) is 7.06. The van der Waals surface area contributed by atoms with Crippen LogP contribution < -0.4 is 5.56 Å². The van der Waals surface area contributed by atoms with Gasteiger partial charge in [0.05, 0.1) is 5.56 Å². The van der Waals surface area contributed by atoms with E-state index in [9.17, 15) is 28.3 Å². The van der Waals surface area contributed by atoms with Crippen molar-refractivity contribution in [2.24, 2.45) is 7.05 Å². The topological polar surface area (TPSA) is 82.9 Å². The molecular weight excluding hydrogens is 372 g/mol. The van der Waals surface area contributed by atoms with E-state index in [-0.39, 0.29) is 41.9 Å². The molecule has 2 aromatic rings. The van der Waals surface area contributed by atoms with E-state index in [2.05, 4.69) is 0 Å². The van der Waals surface area contributed by atoms with Crippen LogP contribution in [0.2, 0.25) is 0 Å². The van der Waals surface area contributed by atoms with E-state index in [0.29, 0.717) is 0 Å². The fourth-order valence-electron chi connectivity index (χ4n) is 3.32. The molecule has 0 bridgehead atoms. The van der Waals surface area contributed by atoms with E-state index in [1.54, 1.807) is 0 Å². The minimum atomic E-state index is -0.879. The number of benzene rings is 1. The Kier molecular flexibility index (Phi) is 4.93. The number of carbonyl (C=O) groups excluding carboxylic acids is 2. The summed E-state index contributed by atoms with van der Waals surface area (Å²) in [4.78, 5) is 40.3. The molecule has 1 N–H and O–H groups in total. The van der Waals surface area contributed by atoms with Crippen LogP contribution in [0.5, 0.6) is 5.75 Å². The maximum Gasteiger partial charge on any atom is 0.293 e. The predicted octanol–water partition coefficient (Wildman–Crippen LogP) is 1.27. The first-order chi connectivity index (χ1) is 13.1. The maximum absolute atomic E-state index is 13.9. The van der Waals surface area contributed by atoms with Crippen LogP contribution in [0, 0.1) is 11.6 Å². The lowest BCUT2D eigenvalue weighted by atomic mass is 9.95. The first-order valence-electron chi connectivity index (χ1n) is 8.53. The predicted molar refractivity (Wildman–Crippen MR) is 96.2 cm³/mol. The number of carbonyl (C=O) groups is 2. The van der Waals surface area contributed by atoms with Crippen molar-refractivity contribution in [1.29, 1.82) is 0 Å². The Morgan fingerprint density at radius 2 is 1.93 bits per heavy atom. The van der Waals surface area contributed by atoms with Crippen LogP contribution in [0.1, 0.15) is 32.0 Å². The van der Waals surface area contributed by atoms with Gasteiger partial charge in [0.15, 0.2) is 5.75 Å². The van der Waals surface area contributed by atoms with Crippen molar-refractivity contribution in [3.63, 3.8) is 0 Å². The van der Waals surface area contributed by atoms with Crippen molar-refractivity contribution in [2.45, 2.75) is 13.0 Å². The number of aromatic nitrogens is 1. The molecule has 0 aliphatic carbocycles. The summed E-state index contributed by atoms with van der Waals surface area (Å²) in [6.45, 7) is -0.111. The minimum absolute atomic E-state index is 0.0211. The molecule has 148 valence electrons. The standard InChI is InChI=1S/C19H19F2N3O4/c1-22(2)18(27)15-12-6-7-24(9-10-8-11(20)4-5-13(10)21)17(26)14(12)16(25)19(28)23(15)3/h4-5,8,25H,6-7,9H2,1-3H3. The van der Waals surface area contributed by atoms with Crippen LogP contribution in [0.4, 0.5) is 8.78 Å². The Hall–Kier alpha value is -3.23. The van der Waals surface area contributed by atoms with Crippen LogP contribution in [0.15, 0.2) is 23.0 Å². The van der Waals surface area contributed by atoms with E-state index in [1.165, 1.54) is 30.9 Å². The second-order valence-electron chi connectivity index (χ2n) is 6.83. The largest absolute Gasteiger partial charge is 0.502 e. The molecule has 1 aromatic carbocycles. The number of halogens is 2. The fraction of sp³-hybridized carbons (Fsp3) is 0.316. The molecule has 1 aromatic heterocycles. The monoisotopic (exact) mass is 391 g/mol. The molecule has 1 aliphatic heterocycles. The normalized spacial score (nSPS) is 13.5. The average molecular weight is 391 g/mol. The van der Waals surface area contributed by atoms with E-state index in [1.807, 2.05) is 0 Å². The quantitative estimate of drug-likeness (QED) is 0.854. The van der Waals surface area contributed by atoms with Gasteiger partial charge in [-0.2, -0.15) is 0 Å². The summed E-state index contributed by atoms with van der Waals surface area (Å²) < 4.78 is 28.4. The summed E-state index contributed by atoms with van der Waals surface area (Å²) in [7, 11) is 4.36. The SMILES string of the molecule is CN(C)C(=O)c1c2c(c(O)c(=O)n1C)C(=O)N(Cc1cc(F)ccc1F)CC2. The minimum Gasteiger partial charge on any atom is -0.502 e. The molecule has 3 rings (SSSR count). The molecule has 7 nitrogen and oxygen atoms in total. The Morgan fingerprint density at radius 3 is 2.57 bits per heavy atom. The molecule has 0 atom stereocenters. The highest BCUT2D eigenvalue weighted by Gasteiger charge is 2.34. The molecule has 28 heavy (non-hydrogen) atoms. The van der Waals surface area contributed by atoms with Crippen LogP contribution in [-0.4, -0.2) is 51.9 Å². The van der Waals surface area contributed by atoms with E-state index < -0.39 is 34.8 Å². The Labute approximate surface area is 159 Å². The van der Waals surface area contributed by atoms with Gasteiger partial charge in [0.1, 0.15) is 17.3 Å². The molecular formula is C19H19F2N3O4. The lowest BCUT2D eigenvalue weighted by Gasteiger charge is -2.31. The average Bonchev–Trinajstić information content (AvgIpc) is 2.64. The number of hydrogen-bond acceptors (Lipinski definition) is 4. The van der Waals surface area contributed by atoms with Gasteiger partial charge < -0.3 is 19.5 Å². The molecule has 0 fully saturated rings. The Morgan fingerprint density at radius 1 is 1.25 bits per heavy atom. The Balaban J connectivity index is 2.09. The van der Waals surface area contributed by atoms with Gasteiger partial charge in [0, 0.05) is 45.4 Å². The number of nitrogens with zero attached hydrogens (tertiary/aromatic N) is 3. The van der Waals surface area contributed by atoms with Crippen molar-refractivity contribution in [1.82, 2.24) is 14.4 Å². The molecule has 9 heteroatoms.